The molecule has 4 rings (SSSR count). The maximum atomic E-state index is 13.2. The van der Waals surface area contributed by atoms with Crippen molar-refractivity contribution < 1.29 is 14.3 Å². The summed E-state index contributed by atoms with van der Waals surface area (Å²) >= 11 is 0. The van der Waals surface area contributed by atoms with Gasteiger partial charge in [0.2, 0.25) is 5.91 Å². The Labute approximate surface area is 152 Å². The third-order valence-corrected chi connectivity index (χ3v) is 5.41. The normalized spacial score (nSPS) is 18.1. The Morgan fingerprint density at radius 2 is 1.96 bits per heavy atom. The summed E-state index contributed by atoms with van der Waals surface area (Å²) < 4.78 is 5.97. The summed E-state index contributed by atoms with van der Waals surface area (Å²) in [4.78, 5) is 26.6. The van der Waals surface area contributed by atoms with Crippen molar-refractivity contribution in [3.8, 4) is 5.75 Å². The Morgan fingerprint density at radius 3 is 2.73 bits per heavy atom. The number of rotatable bonds is 2. The van der Waals surface area contributed by atoms with Crippen LogP contribution in [0, 0.1) is 13.8 Å². The molecule has 134 valence electrons. The van der Waals surface area contributed by atoms with Crippen LogP contribution in [-0.4, -0.2) is 24.5 Å². The van der Waals surface area contributed by atoms with Crippen molar-refractivity contribution in [1.29, 1.82) is 0 Å². The van der Waals surface area contributed by atoms with Gasteiger partial charge in [0.1, 0.15) is 5.75 Å². The van der Waals surface area contributed by atoms with Gasteiger partial charge >= 0.3 is 0 Å². The molecule has 1 atom stereocenters. The highest BCUT2D eigenvalue weighted by Gasteiger charge is 2.35. The second-order valence-electron chi connectivity index (χ2n) is 7.12. The van der Waals surface area contributed by atoms with Crippen molar-refractivity contribution in [3.63, 3.8) is 0 Å². The van der Waals surface area contributed by atoms with Crippen LogP contribution >= 0.6 is 0 Å². The van der Waals surface area contributed by atoms with Crippen LogP contribution < -0.4 is 15.4 Å². The van der Waals surface area contributed by atoms with Crippen LogP contribution in [0.25, 0.3) is 0 Å². The van der Waals surface area contributed by atoms with Gasteiger partial charge in [0.15, 0.2) is 6.10 Å². The summed E-state index contributed by atoms with van der Waals surface area (Å²) in [6.45, 7) is 4.74. The van der Waals surface area contributed by atoms with E-state index in [9.17, 15) is 9.59 Å². The molecule has 0 bridgehead atoms. The number of carbonyl (C=O) groups is 2. The van der Waals surface area contributed by atoms with Crippen molar-refractivity contribution in [2.45, 2.75) is 39.2 Å². The van der Waals surface area contributed by atoms with Gasteiger partial charge in [0.25, 0.3) is 5.91 Å². The molecule has 0 spiro atoms. The molecule has 2 N–H and O–H groups in total. The summed E-state index contributed by atoms with van der Waals surface area (Å²) in [5.41, 5.74) is 11.1. The van der Waals surface area contributed by atoms with Crippen LogP contribution in [0.5, 0.6) is 5.75 Å². The fourth-order valence-electron chi connectivity index (χ4n) is 3.91. The van der Waals surface area contributed by atoms with Crippen molar-refractivity contribution in [3.05, 3.63) is 58.1 Å². The van der Waals surface area contributed by atoms with E-state index in [1.165, 1.54) is 5.56 Å². The van der Waals surface area contributed by atoms with E-state index < -0.39 is 12.0 Å². The third kappa shape index (κ3) is 2.64. The highest BCUT2D eigenvalue weighted by molar-refractivity contribution is 6.02. The monoisotopic (exact) mass is 350 g/mol. The molecule has 2 aromatic rings. The van der Waals surface area contributed by atoms with Crippen LogP contribution in [0.3, 0.4) is 0 Å². The SMILES string of the molecule is Cc1cc2c(cc1C)OC(C(=O)N1CCCc3c(C(N)=O)cccc31)C2. The maximum absolute atomic E-state index is 13.2. The molecule has 0 saturated carbocycles. The van der Waals surface area contributed by atoms with Crippen molar-refractivity contribution in [2.24, 2.45) is 5.73 Å². The van der Waals surface area contributed by atoms with E-state index in [4.69, 9.17) is 10.5 Å². The number of anilines is 1. The molecule has 5 heteroatoms. The highest BCUT2D eigenvalue weighted by Crippen LogP contribution is 2.35. The minimum Gasteiger partial charge on any atom is -0.480 e. The first-order valence-electron chi connectivity index (χ1n) is 8.95. The largest absolute Gasteiger partial charge is 0.480 e. The number of carbonyl (C=O) groups excluding carboxylic acids is 2. The minimum absolute atomic E-state index is 0.0564. The predicted octanol–water partition coefficient (Wildman–Crippen LogP) is 2.69. The molecule has 0 radical (unpaired) electrons. The van der Waals surface area contributed by atoms with Crippen LogP contribution in [-0.2, 0) is 17.6 Å². The molecule has 2 heterocycles. The highest BCUT2D eigenvalue weighted by atomic mass is 16.5. The van der Waals surface area contributed by atoms with Gasteiger partial charge in [-0.1, -0.05) is 12.1 Å². The number of amides is 2. The molecular weight excluding hydrogens is 328 g/mol. The van der Waals surface area contributed by atoms with Crippen molar-refractivity contribution >= 4 is 17.5 Å². The lowest BCUT2D eigenvalue weighted by Crippen LogP contribution is -2.44. The lowest BCUT2D eigenvalue weighted by atomic mass is 9.95. The molecule has 1 unspecified atom stereocenters. The first-order chi connectivity index (χ1) is 12.5. The van der Waals surface area contributed by atoms with Gasteiger partial charge in [-0.3, -0.25) is 9.59 Å². The van der Waals surface area contributed by atoms with Crippen LogP contribution in [0.15, 0.2) is 30.3 Å². The lowest BCUT2D eigenvalue weighted by Gasteiger charge is -2.32. The Morgan fingerprint density at radius 1 is 1.19 bits per heavy atom. The molecule has 26 heavy (non-hydrogen) atoms. The minimum atomic E-state index is -0.519. The number of primary amides is 1. The topological polar surface area (TPSA) is 72.6 Å². The molecule has 0 saturated heterocycles. The fourth-order valence-corrected chi connectivity index (χ4v) is 3.91. The first-order valence-corrected chi connectivity index (χ1v) is 8.95. The van der Waals surface area contributed by atoms with E-state index in [-0.39, 0.29) is 5.91 Å². The van der Waals surface area contributed by atoms with E-state index in [0.29, 0.717) is 18.5 Å². The number of ether oxygens (including phenoxy) is 1. The van der Waals surface area contributed by atoms with Gasteiger partial charge in [0.05, 0.1) is 0 Å². The zero-order valence-corrected chi connectivity index (χ0v) is 15.0. The van der Waals surface area contributed by atoms with E-state index in [1.54, 1.807) is 17.0 Å². The number of hydrogen-bond donors (Lipinski definition) is 1. The van der Waals surface area contributed by atoms with E-state index in [0.717, 1.165) is 41.0 Å². The number of aryl methyl sites for hydroxylation is 2. The summed E-state index contributed by atoms with van der Waals surface area (Å²) in [5, 5.41) is 0. The Balaban J connectivity index is 1.63. The predicted molar refractivity (Wildman–Crippen MR) is 99.7 cm³/mol. The van der Waals surface area contributed by atoms with Crippen molar-refractivity contribution in [1.82, 2.24) is 0 Å². The van der Waals surface area contributed by atoms with Gasteiger partial charge in [-0.25, -0.2) is 0 Å². The van der Waals surface area contributed by atoms with Crippen LogP contribution in [0.2, 0.25) is 0 Å². The number of benzene rings is 2. The molecule has 2 amide bonds. The number of nitrogens with two attached hydrogens (primary N) is 1. The molecular formula is C21H22N2O3. The molecule has 2 aliphatic heterocycles. The van der Waals surface area contributed by atoms with Gasteiger partial charge < -0.3 is 15.4 Å². The van der Waals surface area contributed by atoms with E-state index in [1.807, 2.05) is 19.1 Å². The van der Waals surface area contributed by atoms with E-state index >= 15 is 0 Å². The van der Waals surface area contributed by atoms with Gasteiger partial charge in [-0.2, -0.15) is 0 Å². The molecule has 0 fully saturated rings. The maximum Gasteiger partial charge on any atom is 0.268 e. The van der Waals surface area contributed by atoms with Crippen molar-refractivity contribution in [2.75, 3.05) is 11.4 Å². The standard InChI is InChI=1S/C21H22N2O3/c1-12-9-14-11-19(26-18(14)10-13(12)2)21(25)23-8-4-6-15-16(20(22)24)5-3-7-17(15)23/h3,5,7,9-10,19H,4,6,8,11H2,1-2H3,(H2,22,24). The molecule has 2 aliphatic rings. The van der Waals surface area contributed by atoms with Gasteiger partial charge in [-0.15, -0.1) is 0 Å². The average Bonchev–Trinajstić information content (AvgIpc) is 3.03. The Kier molecular flexibility index (Phi) is 3.94. The quantitative estimate of drug-likeness (QED) is 0.905. The number of nitrogens with zero attached hydrogens (tertiary/aromatic N) is 1. The number of hydrogen-bond acceptors (Lipinski definition) is 3. The Bertz CT molecular complexity index is 889. The smallest absolute Gasteiger partial charge is 0.268 e. The zero-order chi connectivity index (χ0) is 18.4. The van der Waals surface area contributed by atoms with Crippen LogP contribution in [0.4, 0.5) is 5.69 Å². The average molecular weight is 350 g/mol. The molecule has 5 nitrogen and oxygen atoms in total. The second kappa shape index (κ2) is 6.16. The zero-order valence-electron chi connectivity index (χ0n) is 15.0. The van der Waals surface area contributed by atoms with Gasteiger partial charge in [0, 0.05) is 24.2 Å². The Hall–Kier alpha value is -2.82. The number of fused-ring (bicyclic) bond motifs is 2. The molecule has 0 aliphatic carbocycles. The van der Waals surface area contributed by atoms with E-state index in [2.05, 4.69) is 13.0 Å². The second-order valence-corrected chi connectivity index (χ2v) is 7.12. The molecule has 2 aromatic carbocycles. The van der Waals surface area contributed by atoms with Crippen LogP contribution in [0.1, 0.15) is 39.0 Å². The first kappa shape index (κ1) is 16.6. The lowest BCUT2D eigenvalue weighted by molar-refractivity contribution is -0.124. The summed E-state index contributed by atoms with van der Waals surface area (Å²) in [6, 6.07) is 9.50. The third-order valence-electron chi connectivity index (χ3n) is 5.41. The summed E-state index contributed by atoms with van der Waals surface area (Å²) in [6.07, 6.45) is 1.62. The van der Waals surface area contributed by atoms with Gasteiger partial charge in [-0.05, 0) is 67.1 Å². The summed E-state index contributed by atoms with van der Waals surface area (Å²) in [5.74, 6) is 0.292. The molecule has 0 aromatic heterocycles. The summed E-state index contributed by atoms with van der Waals surface area (Å²) in [7, 11) is 0. The fraction of sp³-hybridized carbons (Fsp3) is 0.333.